The van der Waals surface area contributed by atoms with E-state index in [1.165, 1.54) is 7.05 Å². The van der Waals surface area contributed by atoms with Crippen LogP contribution in [0.4, 0.5) is 5.69 Å². The largest absolute Gasteiger partial charge is 0.353 e. The van der Waals surface area contributed by atoms with Crippen molar-refractivity contribution in [3.8, 4) is 11.8 Å². The lowest BCUT2D eigenvalue weighted by Gasteiger charge is -2.26. The van der Waals surface area contributed by atoms with Gasteiger partial charge in [-0.3, -0.25) is 9.10 Å². The number of ether oxygens (including phenoxy) is 2. The summed E-state index contributed by atoms with van der Waals surface area (Å²) < 4.78 is 35.8. The molecule has 6 nitrogen and oxygen atoms in total. The Morgan fingerprint density at radius 1 is 1.38 bits per heavy atom. The summed E-state index contributed by atoms with van der Waals surface area (Å²) in [5.74, 6) is 4.93. The van der Waals surface area contributed by atoms with Gasteiger partial charge in [0.15, 0.2) is 12.1 Å². The SMILES string of the molecule is CN1c2ccc(C#CCOC3CCCCO3)cc2C(=O)CS1(=O)=O. The zero-order valence-electron chi connectivity index (χ0n) is 13.4. The molecule has 0 aromatic heterocycles. The van der Waals surface area contributed by atoms with Gasteiger partial charge in [0, 0.05) is 24.8 Å². The number of hydrogen-bond acceptors (Lipinski definition) is 5. The van der Waals surface area contributed by atoms with Crippen LogP contribution in [0.25, 0.3) is 0 Å². The minimum atomic E-state index is -3.56. The number of sulfonamides is 1. The molecule has 2 aliphatic heterocycles. The van der Waals surface area contributed by atoms with Gasteiger partial charge in [0.25, 0.3) is 0 Å². The summed E-state index contributed by atoms with van der Waals surface area (Å²) >= 11 is 0. The standard InChI is InChI=1S/C17H19NO5S/c1-18-15-8-7-13(11-14(15)16(19)12-24(18,20)21)5-4-10-23-17-6-2-3-9-22-17/h7-8,11,17H,2-3,6,9-10,12H2,1H3. The number of carbonyl (C=O) groups is 1. The van der Waals surface area contributed by atoms with Gasteiger partial charge in [-0.15, -0.1) is 0 Å². The van der Waals surface area contributed by atoms with Crippen molar-refractivity contribution in [2.75, 3.05) is 30.3 Å². The molecule has 0 bridgehead atoms. The van der Waals surface area contributed by atoms with Crippen LogP contribution in [0.15, 0.2) is 18.2 Å². The Hall–Kier alpha value is -1.88. The van der Waals surface area contributed by atoms with Crippen molar-refractivity contribution in [3.63, 3.8) is 0 Å². The number of hydrogen-bond donors (Lipinski definition) is 0. The molecule has 7 heteroatoms. The van der Waals surface area contributed by atoms with E-state index in [0.29, 0.717) is 16.8 Å². The third-order valence-corrected chi connectivity index (χ3v) is 5.74. The number of benzene rings is 1. The molecule has 3 rings (SSSR count). The molecule has 1 saturated heterocycles. The first-order chi connectivity index (χ1) is 11.5. The molecule has 1 atom stereocenters. The Balaban J connectivity index is 1.70. The van der Waals surface area contributed by atoms with Gasteiger partial charge in [-0.25, -0.2) is 8.42 Å². The fourth-order valence-corrected chi connectivity index (χ4v) is 3.86. The van der Waals surface area contributed by atoms with Crippen molar-refractivity contribution in [1.29, 1.82) is 0 Å². The minimum absolute atomic E-state index is 0.183. The molecule has 0 amide bonds. The molecular weight excluding hydrogens is 330 g/mol. The Morgan fingerprint density at radius 2 is 2.21 bits per heavy atom. The van der Waals surface area contributed by atoms with Crippen LogP contribution in [0, 0.1) is 11.8 Å². The molecule has 0 N–H and O–H groups in total. The second-order valence-corrected chi connectivity index (χ2v) is 7.79. The van der Waals surface area contributed by atoms with Gasteiger partial charge in [0.1, 0.15) is 12.4 Å². The molecule has 0 aliphatic carbocycles. The van der Waals surface area contributed by atoms with Gasteiger partial charge < -0.3 is 9.47 Å². The molecule has 0 spiro atoms. The predicted molar refractivity (Wildman–Crippen MR) is 89.4 cm³/mol. The third kappa shape index (κ3) is 3.61. The number of nitrogens with zero attached hydrogens (tertiary/aromatic N) is 1. The number of Topliss-reactive ketones (excluding diaryl/α,β-unsaturated/α-hetero) is 1. The highest BCUT2D eigenvalue weighted by atomic mass is 32.2. The Bertz CT molecular complexity index is 800. The summed E-state index contributed by atoms with van der Waals surface area (Å²) in [4.78, 5) is 12.0. The Morgan fingerprint density at radius 3 is 2.96 bits per heavy atom. The third-order valence-electron chi connectivity index (χ3n) is 4.08. The number of ketones is 1. The molecule has 1 unspecified atom stereocenters. The molecule has 2 aliphatic rings. The van der Waals surface area contributed by atoms with Crippen LogP contribution in [-0.4, -0.2) is 46.5 Å². The van der Waals surface area contributed by atoms with E-state index in [9.17, 15) is 13.2 Å². The van der Waals surface area contributed by atoms with E-state index >= 15 is 0 Å². The summed E-state index contributed by atoms with van der Waals surface area (Å²) in [5, 5.41) is 0. The number of fused-ring (bicyclic) bond motifs is 1. The zero-order valence-corrected chi connectivity index (χ0v) is 14.3. The molecular formula is C17H19NO5S. The first-order valence-corrected chi connectivity index (χ1v) is 9.44. The average molecular weight is 349 g/mol. The van der Waals surface area contributed by atoms with Crippen LogP contribution < -0.4 is 4.31 Å². The highest BCUT2D eigenvalue weighted by Crippen LogP contribution is 2.28. The summed E-state index contributed by atoms with van der Waals surface area (Å²) in [5.41, 5.74) is 1.43. The molecule has 1 fully saturated rings. The van der Waals surface area contributed by atoms with Crippen molar-refractivity contribution in [1.82, 2.24) is 0 Å². The van der Waals surface area contributed by atoms with Gasteiger partial charge in [-0.05, 0) is 37.5 Å². The smallest absolute Gasteiger partial charge is 0.242 e. The fourth-order valence-electron chi connectivity index (χ4n) is 2.72. The Labute approximate surface area is 141 Å². The van der Waals surface area contributed by atoms with Crippen molar-refractivity contribution in [2.45, 2.75) is 25.6 Å². The topological polar surface area (TPSA) is 72.9 Å². The summed E-state index contributed by atoms with van der Waals surface area (Å²) in [6.45, 7) is 0.978. The number of carbonyl (C=O) groups excluding carboxylic acids is 1. The van der Waals surface area contributed by atoms with Crippen LogP contribution in [0.5, 0.6) is 0 Å². The molecule has 1 aromatic carbocycles. The zero-order chi connectivity index (χ0) is 17.2. The second kappa shape index (κ2) is 6.93. The van der Waals surface area contributed by atoms with Crippen LogP contribution in [0.1, 0.15) is 35.2 Å². The van der Waals surface area contributed by atoms with E-state index in [4.69, 9.17) is 9.47 Å². The maximum atomic E-state index is 12.0. The maximum Gasteiger partial charge on any atom is 0.242 e. The van der Waals surface area contributed by atoms with Gasteiger partial charge in [-0.1, -0.05) is 11.8 Å². The van der Waals surface area contributed by atoms with E-state index in [1.54, 1.807) is 18.2 Å². The summed E-state index contributed by atoms with van der Waals surface area (Å²) in [6.07, 6.45) is 2.87. The van der Waals surface area contributed by atoms with Gasteiger partial charge in [0.2, 0.25) is 10.0 Å². The van der Waals surface area contributed by atoms with Gasteiger partial charge in [0.05, 0.1) is 5.69 Å². The number of rotatable bonds is 2. The predicted octanol–water partition coefficient (Wildman–Crippen LogP) is 1.54. The van der Waals surface area contributed by atoms with Crippen molar-refractivity contribution in [2.24, 2.45) is 0 Å². The maximum absolute atomic E-state index is 12.0. The highest BCUT2D eigenvalue weighted by molar-refractivity contribution is 7.93. The first kappa shape index (κ1) is 17.0. The highest BCUT2D eigenvalue weighted by Gasteiger charge is 2.32. The molecule has 0 saturated carbocycles. The summed E-state index contributed by atoms with van der Waals surface area (Å²) in [6, 6.07) is 4.94. The van der Waals surface area contributed by atoms with Crippen molar-refractivity contribution >= 4 is 21.5 Å². The molecule has 24 heavy (non-hydrogen) atoms. The second-order valence-electron chi connectivity index (χ2n) is 5.79. The first-order valence-electron chi connectivity index (χ1n) is 7.83. The van der Waals surface area contributed by atoms with Crippen molar-refractivity contribution < 1.29 is 22.7 Å². The lowest BCUT2D eigenvalue weighted by molar-refractivity contribution is -0.154. The van der Waals surface area contributed by atoms with Gasteiger partial charge in [-0.2, -0.15) is 0 Å². The quantitative estimate of drug-likeness (QED) is 0.758. The van der Waals surface area contributed by atoms with Crippen molar-refractivity contribution in [3.05, 3.63) is 29.3 Å². The van der Waals surface area contributed by atoms with Crippen LogP contribution in [0.3, 0.4) is 0 Å². The summed E-state index contributed by atoms with van der Waals surface area (Å²) in [7, 11) is -2.11. The van der Waals surface area contributed by atoms with E-state index in [1.807, 2.05) is 0 Å². The van der Waals surface area contributed by atoms with Crippen LogP contribution in [0.2, 0.25) is 0 Å². The Kier molecular flexibility index (Phi) is 4.90. The lowest BCUT2D eigenvalue weighted by atomic mass is 10.1. The average Bonchev–Trinajstić information content (AvgIpc) is 2.57. The minimum Gasteiger partial charge on any atom is -0.353 e. The molecule has 128 valence electrons. The number of anilines is 1. The van der Waals surface area contributed by atoms with E-state index in [2.05, 4.69) is 11.8 Å². The molecule has 2 heterocycles. The van der Waals surface area contributed by atoms with Crippen LogP contribution in [-0.2, 0) is 19.5 Å². The fraction of sp³-hybridized carbons (Fsp3) is 0.471. The van der Waals surface area contributed by atoms with Crippen LogP contribution >= 0.6 is 0 Å². The van der Waals surface area contributed by atoms with E-state index in [-0.39, 0.29) is 12.9 Å². The molecule has 1 aromatic rings. The van der Waals surface area contributed by atoms with Gasteiger partial charge >= 0.3 is 0 Å². The van der Waals surface area contributed by atoms with E-state index in [0.717, 1.165) is 30.2 Å². The van der Waals surface area contributed by atoms with E-state index < -0.39 is 21.6 Å². The normalized spacial score (nSPS) is 22.5. The monoisotopic (exact) mass is 349 g/mol. The lowest BCUT2D eigenvalue weighted by Crippen LogP contribution is -2.37. The molecule has 0 radical (unpaired) electrons.